The maximum Gasteiger partial charge on any atom is 0.319 e. The topological polar surface area (TPSA) is 66.5 Å². The van der Waals surface area contributed by atoms with Gasteiger partial charge in [-0.15, -0.1) is 0 Å². The quantitative estimate of drug-likeness (QED) is 0.878. The summed E-state index contributed by atoms with van der Waals surface area (Å²) in [4.78, 5) is 18.5. The number of urea groups is 1. The summed E-state index contributed by atoms with van der Waals surface area (Å²) in [6.45, 7) is 5.16. The zero-order chi connectivity index (χ0) is 17.5. The second-order valence-corrected chi connectivity index (χ2v) is 6.13. The number of carbonyl (C=O) groups is 1. The second kappa shape index (κ2) is 8.48. The zero-order valence-corrected chi connectivity index (χ0v) is 14.4. The van der Waals surface area contributed by atoms with E-state index in [0.29, 0.717) is 13.0 Å². The minimum absolute atomic E-state index is 0.205. The van der Waals surface area contributed by atoms with Crippen molar-refractivity contribution in [2.45, 2.75) is 19.4 Å². The lowest BCUT2D eigenvalue weighted by atomic mass is 10.2. The van der Waals surface area contributed by atoms with Crippen LogP contribution >= 0.6 is 0 Å². The highest BCUT2D eigenvalue weighted by Gasteiger charge is 2.16. The van der Waals surface area contributed by atoms with Crippen LogP contribution in [-0.2, 0) is 11.2 Å². The lowest BCUT2D eigenvalue weighted by Crippen LogP contribution is -2.41. The molecule has 1 saturated heterocycles. The SMILES string of the molecule is CC1CN(c2ccc(NC(=O)NCCc3ccccn3)cc2)CCO1. The summed E-state index contributed by atoms with van der Waals surface area (Å²) < 4.78 is 5.56. The van der Waals surface area contributed by atoms with Crippen molar-refractivity contribution in [3.05, 3.63) is 54.4 Å². The molecule has 0 bridgehead atoms. The van der Waals surface area contributed by atoms with Crippen LogP contribution in [0.3, 0.4) is 0 Å². The Morgan fingerprint density at radius 3 is 2.84 bits per heavy atom. The maximum absolute atomic E-state index is 12.0. The van der Waals surface area contributed by atoms with Crippen molar-refractivity contribution in [2.24, 2.45) is 0 Å². The lowest BCUT2D eigenvalue weighted by molar-refractivity contribution is 0.0532. The predicted octanol–water partition coefficient (Wildman–Crippen LogP) is 2.67. The highest BCUT2D eigenvalue weighted by atomic mass is 16.5. The molecule has 132 valence electrons. The molecule has 1 aromatic heterocycles. The summed E-state index contributed by atoms with van der Waals surface area (Å²) in [6.07, 6.45) is 2.71. The first-order valence-electron chi connectivity index (χ1n) is 8.62. The average molecular weight is 340 g/mol. The number of nitrogens with zero attached hydrogens (tertiary/aromatic N) is 2. The van der Waals surface area contributed by atoms with Gasteiger partial charge in [0.2, 0.25) is 0 Å². The molecule has 0 spiro atoms. The van der Waals surface area contributed by atoms with Crippen molar-refractivity contribution in [3.8, 4) is 0 Å². The van der Waals surface area contributed by atoms with Crippen molar-refractivity contribution >= 4 is 17.4 Å². The molecule has 1 unspecified atom stereocenters. The number of benzene rings is 1. The van der Waals surface area contributed by atoms with Crippen LogP contribution in [-0.4, -0.2) is 43.4 Å². The van der Waals surface area contributed by atoms with Gasteiger partial charge >= 0.3 is 6.03 Å². The Labute approximate surface area is 148 Å². The van der Waals surface area contributed by atoms with Crippen molar-refractivity contribution in [1.82, 2.24) is 10.3 Å². The van der Waals surface area contributed by atoms with Gasteiger partial charge in [0.25, 0.3) is 0 Å². The van der Waals surface area contributed by atoms with E-state index >= 15 is 0 Å². The minimum Gasteiger partial charge on any atom is -0.375 e. The Bertz CT molecular complexity index is 676. The number of rotatable bonds is 5. The fourth-order valence-corrected chi connectivity index (χ4v) is 2.83. The normalized spacial score (nSPS) is 17.2. The summed E-state index contributed by atoms with van der Waals surface area (Å²) in [5.74, 6) is 0. The first kappa shape index (κ1) is 17.2. The van der Waals surface area contributed by atoms with Crippen molar-refractivity contribution in [1.29, 1.82) is 0 Å². The monoisotopic (exact) mass is 340 g/mol. The number of hydrogen-bond acceptors (Lipinski definition) is 4. The number of ether oxygens (including phenoxy) is 1. The third-order valence-corrected chi connectivity index (χ3v) is 4.12. The van der Waals surface area contributed by atoms with Crippen LogP contribution in [0, 0.1) is 0 Å². The van der Waals surface area contributed by atoms with E-state index in [1.807, 2.05) is 42.5 Å². The van der Waals surface area contributed by atoms with Gasteiger partial charge in [0.05, 0.1) is 12.7 Å². The van der Waals surface area contributed by atoms with Gasteiger partial charge in [0.15, 0.2) is 0 Å². The molecule has 2 aromatic rings. The molecule has 6 heteroatoms. The molecule has 2 N–H and O–H groups in total. The van der Waals surface area contributed by atoms with Gasteiger partial charge in [-0.25, -0.2) is 4.79 Å². The Morgan fingerprint density at radius 2 is 2.12 bits per heavy atom. The third kappa shape index (κ3) is 5.19. The van der Waals surface area contributed by atoms with E-state index in [0.717, 1.165) is 36.8 Å². The molecular weight excluding hydrogens is 316 g/mol. The molecule has 1 aliphatic heterocycles. The number of morpholine rings is 1. The van der Waals surface area contributed by atoms with Gasteiger partial charge < -0.3 is 20.3 Å². The highest BCUT2D eigenvalue weighted by molar-refractivity contribution is 5.89. The lowest BCUT2D eigenvalue weighted by Gasteiger charge is -2.33. The first-order valence-corrected chi connectivity index (χ1v) is 8.62. The Kier molecular flexibility index (Phi) is 5.85. The van der Waals surface area contributed by atoms with Crippen molar-refractivity contribution in [3.63, 3.8) is 0 Å². The predicted molar refractivity (Wildman–Crippen MR) is 99.0 cm³/mol. The fraction of sp³-hybridized carbons (Fsp3) is 0.368. The van der Waals surface area contributed by atoms with Gasteiger partial charge in [-0.3, -0.25) is 4.98 Å². The molecule has 0 aliphatic carbocycles. The van der Waals surface area contributed by atoms with E-state index in [1.165, 1.54) is 0 Å². The minimum atomic E-state index is -0.205. The van der Waals surface area contributed by atoms with E-state index in [1.54, 1.807) is 6.20 Å². The molecule has 1 fully saturated rings. The van der Waals surface area contributed by atoms with Gasteiger partial charge in [-0.2, -0.15) is 0 Å². The second-order valence-electron chi connectivity index (χ2n) is 6.13. The zero-order valence-electron chi connectivity index (χ0n) is 14.4. The summed E-state index contributed by atoms with van der Waals surface area (Å²) in [5, 5.41) is 5.70. The third-order valence-electron chi connectivity index (χ3n) is 4.12. The number of carbonyl (C=O) groups excluding carboxylic acids is 1. The van der Waals surface area contributed by atoms with Crippen molar-refractivity contribution < 1.29 is 9.53 Å². The molecule has 3 rings (SSSR count). The largest absolute Gasteiger partial charge is 0.375 e. The Balaban J connectivity index is 1.45. The smallest absolute Gasteiger partial charge is 0.319 e. The van der Waals surface area contributed by atoms with E-state index in [9.17, 15) is 4.79 Å². The maximum atomic E-state index is 12.0. The van der Waals surface area contributed by atoms with Gasteiger partial charge in [0, 0.05) is 49.3 Å². The van der Waals surface area contributed by atoms with Crippen LogP contribution in [0.15, 0.2) is 48.7 Å². The van der Waals surface area contributed by atoms with E-state index in [2.05, 4.69) is 27.4 Å². The molecule has 25 heavy (non-hydrogen) atoms. The van der Waals surface area contributed by atoms with E-state index in [4.69, 9.17) is 4.74 Å². The van der Waals surface area contributed by atoms with Crippen LogP contribution < -0.4 is 15.5 Å². The number of nitrogens with one attached hydrogen (secondary N) is 2. The molecule has 1 aromatic carbocycles. The fourth-order valence-electron chi connectivity index (χ4n) is 2.83. The van der Waals surface area contributed by atoms with Gasteiger partial charge in [0.1, 0.15) is 0 Å². The number of pyridine rings is 1. The number of hydrogen-bond donors (Lipinski definition) is 2. The van der Waals surface area contributed by atoms with Gasteiger partial charge in [-0.05, 0) is 43.3 Å². The Hall–Kier alpha value is -2.60. The summed E-state index contributed by atoms with van der Waals surface area (Å²) in [5.41, 5.74) is 2.89. The first-order chi connectivity index (χ1) is 12.2. The van der Waals surface area contributed by atoms with Crippen LogP contribution in [0.25, 0.3) is 0 Å². The molecular formula is C19H24N4O2. The molecule has 0 radical (unpaired) electrons. The van der Waals surface area contributed by atoms with E-state index in [-0.39, 0.29) is 12.1 Å². The number of amides is 2. The van der Waals surface area contributed by atoms with Crippen LogP contribution in [0.2, 0.25) is 0 Å². The number of anilines is 2. The van der Waals surface area contributed by atoms with Crippen LogP contribution in [0.1, 0.15) is 12.6 Å². The van der Waals surface area contributed by atoms with Crippen molar-refractivity contribution in [2.75, 3.05) is 36.5 Å². The Morgan fingerprint density at radius 1 is 1.28 bits per heavy atom. The standard InChI is InChI=1S/C19H24N4O2/c1-15-14-23(12-13-25-15)18-7-5-17(6-8-18)22-19(24)21-11-9-16-4-2-3-10-20-16/h2-8,10,15H,9,11-14H2,1H3,(H2,21,22,24). The van der Waals surface area contributed by atoms with Crippen LogP contribution in [0.5, 0.6) is 0 Å². The van der Waals surface area contributed by atoms with Gasteiger partial charge in [-0.1, -0.05) is 6.07 Å². The molecule has 2 heterocycles. The highest BCUT2D eigenvalue weighted by Crippen LogP contribution is 2.20. The number of aromatic nitrogens is 1. The molecule has 2 amide bonds. The molecule has 0 saturated carbocycles. The van der Waals surface area contributed by atoms with Crippen LogP contribution in [0.4, 0.5) is 16.2 Å². The van der Waals surface area contributed by atoms with E-state index < -0.39 is 0 Å². The molecule has 6 nitrogen and oxygen atoms in total. The average Bonchev–Trinajstić information content (AvgIpc) is 2.63. The summed E-state index contributed by atoms with van der Waals surface area (Å²) >= 11 is 0. The molecule has 1 aliphatic rings. The molecule has 1 atom stereocenters. The summed E-state index contributed by atoms with van der Waals surface area (Å²) in [6, 6.07) is 13.5. The summed E-state index contributed by atoms with van der Waals surface area (Å²) in [7, 11) is 0.